The summed E-state index contributed by atoms with van der Waals surface area (Å²) in [6, 6.07) is 17.6. The Morgan fingerprint density at radius 3 is 2.48 bits per heavy atom. The summed E-state index contributed by atoms with van der Waals surface area (Å²) in [5.41, 5.74) is 4.51. The van der Waals surface area contributed by atoms with E-state index in [1.807, 2.05) is 42.5 Å². The van der Waals surface area contributed by atoms with E-state index in [4.69, 9.17) is 4.74 Å². The predicted octanol–water partition coefficient (Wildman–Crippen LogP) is 4.58. The third kappa shape index (κ3) is 5.47. The molecule has 1 saturated heterocycles. The Morgan fingerprint density at radius 1 is 1.03 bits per heavy atom. The maximum Gasteiger partial charge on any atom is 0.255 e. The Balaban J connectivity index is 1.41. The molecule has 0 radical (unpaired) electrons. The van der Waals surface area contributed by atoms with Crippen molar-refractivity contribution in [3.05, 3.63) is 72.1 Å². The molecular formula is C25H28N4O2. The van der Waals surface area contributed by atoms with E-state index in [-0.39, 0.29) is 5.91 Å². The van der Waals surface area contributed by atoms with Crippen LogP contribution in [-0.4, -0.2) is 42.2 Å². The second kappa shape index (κ2) is 10.2. The first-order valence-electron chi connectivity index (χ1n) is 10.9. The second-order valence-corrected chi connectivity index (χ2v) is 7.69. The zero-order valence-electron chi connectivity index (χ0n) is 17.9. The molecule has 1 amide bonds. The molecule has 1 N–H and O–H groups in total. The van der Waals surface area contributed by atoms with E-state index in [1.165, 1.54) is 18.4 Å². The van der Waals surface area contributed by atoms with Crippen molar-refractivity contribution >= 4 is 17.4 Å². The van der Waals surface area contributed by atoms with Crippen LogP contribution in [0.2, 0.25) is 0 Å². The summed E-state index contributed by atoms with van der Waals surface area (Å²) >= 11 is 0. The molecule has 1 aromatic heterocycles. The summed E-state index contributed by atoms with van der Waals surface area (Å²) in [7, 11) is 0. The number of carbonyl (C=O) groups excluding carboxylic acids is 1. The summed E-state index contributed by atoms with van der Waals surface area (Å²) in [4.78, 5) is 23.6. The molecule has 2 aromatic carbocycles. The number of ether oxygens (including phenoxy) is 1. The first-order valence-corrected chi connectivity index (χ1v) is 10.9. The van der Waals surface area contributed by atoms with Crippen LogP contribution in [0, 0.1) is 0 Å². The maximum absolute atomic E-state index is 12.6. The van der Waals surface area contributed by atoms with Gasteiger partial charge in [-0.2, -0.15) is 0 Å². The molecule has 0 aliphatic carbocycles. The highest BCUT2D eigenvalue weighted by Crippen LogP contribution is 2.22. The van der Waals surface area contributed by atoms with E-state index in [9.17, 15) is 4.79 Å². The Morgan fingerprint density at radius 2 is 1.77 bits per heavy atom. The van der Waals surface area contributed by atoms with E-state index in [0.29, 0.717) is 18.8 Å². The molecule has 6 heteroatoms. The minimum absolute atomic E-state index is 0.121. The smallest absolute Gasteiger partial charge is 0.255 e. The highest BCUT2D eigenvalue weighted by atomic mass is 16.5. The molecule has 1 aliphatic heterocycles. The number of carbonyl (C=O) groups is 1. The van der Waals surface area contributed by atoms with Gasteiger partial charge < -0.3 is 15.0 Å². The molecule has 0 unspecified atom stereocenters. The molecule has 2 heterocycles. The highest BCUT2D eigenvalue weighted by molar-refractivity contribution is 6.04. The normalized spacial score (nSPS) is 13.8. The number of hydrogen-bond donors (Lipinski definition) is 1. The number of unbranched alkanes of at least 4 members (excludes halogenated alkanes) is 1. The van der Waals surface area contributed by atoms with E-state index < -0.39 is 0 Å². The number of morpholine rings is 1. The maximum atomic E-state index is 12.6. The minimum Gasteiger partial charge on any atom is -0.378 e. The second-order valence-electron chi connectivity index (χ2n) is 7.69. The third-order valence-corrected chi connectivity index (χ3v) is 5.46. The molecule has 0 atom stereocenters. The Kier molecular flexibility index (Phi) is 6.89. The van der Waals surface area contributed by atoms with Crippen LogP contribution in [0.3, 0.4) is 0 Å². The van der Waals surface area contributed by atoms with E-state index >= 15 is 0 Å². The topological polar surface area (TPSA) is 67.4 Å². The van der Waals surface area contributed by atoms with Crippen molar-refractivity contribution < 1.29 is 9.53 Å². The lowest BCUT2D eigenvalue weighted by Crippen LogP contribution is -2.36. The number of benzene rings is 2. The molecule has 0 bridgehead atoms. The third-order valence-electron chi connectivity index (χ3n) is 5.46. The molecule has 1 aliphatic rings. The number of nitrogens with zero attached hydrogens (tertiary/aromatic N) is 3. The van der Waals surface area contributed by atoms with Crippen molar-refractivity contribution in [1.29, 1.82) is 0 Å². The van der Waals surface area contributed by atoms with Crippen molar-refractivity contribution in [2.24, 2.45) is 0 Å². The van der Waals surface area contributed by atoms with Crippen LogP contribution in [0.25, 0.3) is 11.3 Å². The number of amides is 1. The van der Waals surface area contributed by atoms with Gasteiger partial charge in [-0.05, 0) is 42.7 Å². The first-order chi connectivity index (χ1) is 15.2. The van der Waals surface area contributed by atoms with Crippen LogP contribution in [0.4, 0.5) is 11.5 Å². The van der Waals surface area contributed by atoms with Crippen molar-refractivity contribution in [2.75, 3.05) is 36.5 Å². The fraction of sp³-hybridized carbons (Fsp3) is 0.320. The summed E-state index contributed by atoms with van der Waals surface area (Å²) in [5, 5.41) is 2.97. The van der Waals surface area contributed by atoms with Gasteiger partial charge in [0.05, 0.1) is 18.9 Å². The summed E-state index contributed by atoms with van der Waals surface area (Å²) in [5.74, 6) is 0.780. The Bertz CT molecular complexity index is 997. The number of aryl methyl sites for hydroxylation is 1. The van der Waals surface area contributed by atoms with E-state index in [0.717, 1.165) is 42.3 Å². The van der Waals surface area contributed by atoms with Gasteiger partial charge in [0.1, 0.15) is 12.1 Å². The first kappa shape index (κ1) is 21.0. The molecule has 4 rings (SSSR count). The molecule has 31 heavy (non-hydrogen) atoms. The van der Waals surface area contributed by atoms with Gasteiger partial charge in [0.2, 0.25) is 0 Å². The van der Waals surface area contributed by atoms with E-state index in [2.05, 4.69) is 39.2 Å². The van der Waals surface area contributed by atoms with Crippen LogP contribution < -0.4 is 10.2 Å². The van der Waals surface area contributed by atoms with Gasteiger partial charge in [-0.25, -0.2) is 9.97 Å². The zero-order chi connectivity index (χ0) is 21.5. The molecule has 0 saturated carbocycles. The number of rotatable bonds is 7. The standard InChI is InChI=1S/C25H28N4O2/c1-2-3-4-19-5-11-22(12-6-19)28-25(30)21-9-7-20(8-10-21)23-17-24(27-18-26-23)29-13-15-31-16-14-29/h5-12,17-18H,2-4,13-16H2,1H3,(H,28,30). The summed E-state index contributed by atoms with van der Waals surface area (Å²) in [6.07, 6.45) is 5.02. The largest absolute Gasteiger partial charge is 0.378 e. The lowest BCUT2D eigenvalue weighted by Gasteiger charge is -2.27. The number of hydrogen-bond acceptors (Lipinski definition) is 5. The van der Waals surface area contributed by atoms with Gasteiger partial charge in [-0.1, -0.05) is 37.6 Å². The van der Waals surface area contributed by atoms with Gasteiger partial charge in [0, 0.05) is 36.0 Å². The molecule has 6 nitrogen and oxygen atoms in total. The van der Waals surface area contributed by atoms with Gasteiger partial charge in [0.25, 0.3) is 5.91 Å². The Hall–Kier alpha value is -3.25. The van der Waals surface area contributed by atoms with Crippen LogP contribution in [0.5, 0.6) is 0 Å². The monoisotopic (exact) mass is 416 g/mol. The molecule has 160 valence electrons. The number of aromatic nitrogens is 2. The highest BCUT2D eigenvalue weighted by Gasteiger charge is 2.14. The summed E-state index contributed by atoms with van der Waals surface area (Å²) in [6.45, 7) is 5.27. The average Bonchev–Trinajstić information content (AvgIpc) is 2.84. The van der Waals surface area contributed by atoms with Crippen molar-refractivity contribution in [3.8, 4) is 11.3 Å². The molecule has 3 aromatic rings. The van der Waals surface area contributed by atoms with Gasteiger partial charge >= 0.3 is 0 Å². The van der Waals surface area contributed by atoms with Crippen LogP contribution >= 0.6 is 0 Å². The quantitative estimate of drug-likeness (QED) is 0.611. The fourth-order valence-corrected chi connectivity index (χ4v) is 3.60. The van der Waals surface area contributed by atoms with Crippen molar-refractivity contribution in [1.82, 2.24) is 9.97 Å². The SMILES string of the molecule is CCCCc1ccc(NC(=O)c2ccc(-c3cc(N4CCOCC4)ncn3)cc2)cc1. The molecular weight excluding hydrogens is 388 g/mol. The van der Waals surface area contributed by atoms with Crippen LogP contribution in [0.15, 0.2) is 60.9 Å². The van der Waals surface area contributed by atoms with Crippen molar-refractivity contribution in [3.63, 3.8) is 0 Å². The van der Waals surface area contributed by atoms with Crippen molar-refractivity contribution in [2.45, 2.75) is 26.2 Å². The zero-order valence-corrected chi connectivity index (χ0v) is 17.9. The minimum atomic E-state index is -0.121. The van der Waals surface area contributed by atoms with Gasteiger partial charge in [0.15, 0.2) is 0 Å². The molecule has 1 fully saturated rings. The average molecular weight is 417 g/mol. The number of nitrogens with one attached hydrogen (secondary N) is 1. The van der Waals surface area contributed by atoms with Gasteiger partial charge in [-0.15, -0.1) is 0 Å². The molecule has 0 spiro atoms. The van der Waals surface area contributed by atoms with Gasteiger partial charge in [-0.3, -0.25) is 4.79 Å². The lowest BCUT2D eigenvalue weighted by atomic mass is 10.1. The summed E-state index contributed by atoms with van der Waals surface area (Å²) < 4.78 is 5.41. The Labute approximate surface area is 183 Å². The fourth-order valence-electron chi connectivity index (χ4n) is 3.60. The lowest BCUT2D eigenvalue weighted by molar-refractivity contribution is 0.102. The van der Waals surface area contributed by atoms with Crippen LogP contribution in [-0.2, 0) is 11.2 Å². The predicted molar refractivity (Wildman–Crippen MR) is 124 cm³/mol. The van der Waals surface area contributed by atoms with Crippen LogP contribution in [0.1, 0.15) is 35.7 Å². The van der Waals surface area contributed by atoms with E-state index in [1.54, 1.807) is 6.33 Å². The number of anilines is 2.